The van der Waals surface area contributed by atoms with E-state index in [-0.39, 0.29) is 0 Å². The highest BCUT2D eigenvalue weighted by Gasteiger charge is 2.01. The molecule has 1 radical (unpaired) electrons. The van der Waals surface area contributed by atoms with Crippen LogP contribution in [0.5, 0.6) is 0 Å². The van der Waals surface area contributed by atoms with E-state index in [0.29, 0.717) is 10.5 Å². The first-order valence-corrected chi connectivity index (χ1v) is 4.33. The molecule has 0 fully saturated rings. The summed E-state index contributed by atoms with van der Waals surface area (Å²) in [5, 5.41) is 0. The van der Waals surface area contributed by atoms with Gasteiger partial charge in [0.25, 0.3) is 0 Å². The Balaban J connectivity index is 2.98. The lowest BCUT2D eigenvalue weighted by atomic mass is 10.8. The van der Waals surface area contributed by atoms with E-state index in [1.165, 1.54) is 12.1 Å². The van der Waals surface area contributed by atoms with Gasteiger partial charge in [-0.15, -0.1) is 6.58 Å². The van der Waals surface area contributed by atoms with Crippen LogP contribution in [0.2, 0.25) is 0 Å². The van der Waals surface area contributed by atoms with Crippen LogP contribution in [-0.4, -0.2) is 19.9 Å². The molecule has 0 aromatic rings. The molecule has 7 heavy (non-hydrogen) atoms. The normalized spacial score (nSPS) is 13.9. The summed E-state index contributed by atoms with van der Waals surface area (Å²) in [6.07, 6.45) is 1.44. The first-order valence-electron chi connectivity index (χ1n) is 1.94. The second kappa shape index (κ2) is 4.23. The number of rotatable bonds is 3. The minimum absolute atomic E-state index is 0.495. The van der Waals surface area contributed by atoms with Crippen molar-refractivity contribution in [2.75, 3.05) is 0 Å². The molecule has 41 valence electrons. The van der Waals surface area contributed by atoms with Crippen molar-refractivity contribution in [2.45, 2.75) is 0 Å². The molecule has 0 saturated carbocycles. The van der Waals surface area contributed by atoms with E-state index in [0.717, 1.165) is 0 Å². The van der Waals surface area contributed by atoms with Crippen molar-refractivity contribution in [3.05, 3.63) is 18.7 Å². The van der Waals surface area contributed by atoms with Gasteiger partial charge in [-0.05, 0) is 0 Å². The van der Waals surface area contributed by atoms with Crippen molar-refractivity contribution in [1.29, 1.82) is 0 Å². The minimum Gasteiger partial charge on any atom is -0.443 e. The Labute approximate surface area is 47.6 Å². The van der Waals surface area contributed by atoms with Gasteiger partial charge >= 0.3 is 9.37 Å². The molecule has 0 saturated heterocycles. The predicted molar refractivity (Wildman–Crippen MR) is 33.8 cm³/mol. The van der Waals surface area contributed by atoms with E-state index in [4.69, 9.17) is 0 Å². The molecule has 0 spiro atoms. The first kappa shape index (κ1) is 7.06. The third-order valence-corrected chi connectivity index (χ3v) is 2.89. The van der Waals surface area contributed by atoms with Gasteiger partial charge in [0, 0.05) is 6.04 Å². The molecular formula is C3H8FOSi2. The molecule has 0 rings (SSSR count). The van der Waals surface area contributed by atoms with Gasteiger partial charge in [-0.3, -0.25) is 4.11 Å². The molecule has 0 aromatic carbocycles. The summed E-state index contributed by atoms with van der Waals surface area (Å²) in [7, 11) is -1.87. The first-order chi connectivity index (χ1) is 3.31. The average molecular weight is 135 g/mol. The standard InChI is InChI=1S/C3H8FOSi2/c1-2-3-7(4)5-6/h2-3,7H,1H2,6H3. The van der Waals surface area contributed by atoms with Crippen LogP contribution in [-0.2, 0) is 4.12 Å². The summed E-state index contributed by atoms with van der Waals surface area (Å²) in [6.45, 7) is 3.32. The second-order valence-corrected chi connectivity index (χ2v) is 3.99. The molecular weight excluding hydrogens is 127 g/mol. The van der Waals surface area contributed by atoms with Crippen molar-refractivity contribution in [1.82, 2.24) is 0 Å². The van der Waals surface area contributed by atoms with Crippen LogP contribution in [0.15, 0.2) is 12.7 Å². The van der Waals surface area contributed by atoms with Gasteiger partial charge < -0.3 is 4.12 Å². The molecule has 0 bridgehead atoms. The highest BCUT2D eigenvalue weighted by Crippen LogP contribution is 1.88. The largest absolute Gasteiger partial charge is 0.443 e. The molecule has 1 atom stereocenters. The predicted octanol–water partition coefficient (Wildman–Crippen LogP) is -0.597. The molecule has 0 aliphatic carbocycles. The zero-order valence-corrected chi connectivity index (χ0v) is 7.38. The number of hydrogen-bond acceptors (Lipinski definition) is 1. The van der Waals surface area contributed by atoms with E-state index in [1.807, 2.05) is 0 Å². The molecule has 0 N–H and O–H groups in total. The van der Waals surface area contributed by atoms with Crippen LogP contribution in [0.25, 0.3) is 0 Å². The average Bonchev–Trinajstić information content (AvgIpc) is 1.68. The fourth-order valence-corrected chi connectivity index (χ4v) is 1.03. The van der Waals surface area contributed by atoms with E-state index < -0.39 is 9.37 Å². The molecule has 0 amide bonds. The summed E-state index contributed by atoms with van der Waals surface area (Å²) in [4.78, 5) is 0. The SMILES string of the molecule is C=C[CH][SiH](F)O[SiH3]. The monoisotopic (exact) mass is 135 g/mol. The van der Waals surface area contributed by atoms with Gasteiger partial charge in [-0.2, -0.15) is 0 Å². The summed E-state index contributed by atoms with van der Waals surface area (Å²) in [6, 6.07) is 1.40. The van der Waals surface area contributed by atoms with Crippen LogP contribution in [0, 0.1) is 6.04 Å². The maximum Gasteiger partial charge on any atom is 0.365 e. The summed E-state index contributed by atoms with van der Waals surface area (Å²) >= 11 is 0. The van der Waals surface area contributed by atoms with Gasteiger partial charge in [0.1, 0.15) is 10.5 Å². The molecule has 1 unspecified atom stereocenters. The summed E-state index contributed by atoms with van der Waals surface area (Å²) < 4.78 is 16.4. The lowest BCUT2D eigenvalue weighted by Gasteiger charge is -1.95. The van der Waals surface area contributed by atoms with Crippen LogP contribution in [0.3, 0.4) is 0 Å². The summed E-state index contributed by atoms with van der Waals surface area (Å²) in [5.74, 6) is 0. The molecule has 0 aromatic heterocycles. The Morgan fingerprint density at radius 2 is 2.43 bits per heavy atom. The zero-order valence-electron chi connectivity index (χ0n) is 4.23. The van der Waals surface area contributed by atoms with Crippen LogP contribution >= 0.6 is 0 Å². The van der Waals surface area contributed by atoms with E-state index >= 15 is 0 Å². The molecule has 0 aliphatic rings. The van der Waals surface area contributed by atoms with Crippen LogP contribution in [0.1, 0.15) is 0 Å². The lowest BCUT2D eigenvalue weighted by molar-refractivity contribution is 0.556. The second-order valence-electron chi connectivity index (χ2n) is 1.02. The highest BCUT2D eigenvalue weighted by atomic mass is 28.4. The van der Waals surface area contributed by atoms with Gasteiger partial charge in [0.15, 0.2) is 0 Å². The number of hydrogen-bond donors (Lipinski definition) is 0. The molecule has 4 heteroatoms. The molecule has 0 heterocycles. The van der Waals surface area contributed by atoms with Gasteiger partial charge in [0.2, 0.25) is 0 Å². The van der Waals surface area contributed by atoms with Crippen LogP contribution in [0.4, 0.5) is 4.11 Å². The number of allylic oxidation sites excluding steroid dienone is 1. The van der Waals surface area contributed by atoms with Crippen molar-refractivity contribution in [3.63, 3.8) is 0 Å². The maximum atomic E-state index is 12.0. The Morgan fingerprint density at radius 1 is 1.86 bits per heavy atom. The minimum atomic E-state index is -2.36. The van der Waals surface area contributed by atoms with Gasteiger partial charge in [-0.25, -0.2) is 0 Å². The summed E-state index contributed by atoms with van der Waals surface area (Å²) in [5.41, 5.74) is 0. The van der Waals surface area contributed by atoms with Crippen molar-refractivity contribution < 1.29 is 8.22 Å². The number of halogens is 1. The highest BCUT2D eigenvalue weighted by molar-refractivity contribution is 6.52. The van der Waals surface area contributed by atoms with Gasteiger partial charge in [-0.1, -0.05) is 6.08 Å². The van der Waals surface area contributed by atoms with Crippen molar-refractivity contribution >= 4 is 19.9 Å². The van der Waals surface area contributed by atoms with E-state index in [9.17, 15) is 4.11 Å². The topological polar surface area (TPSA) is 9.23 Å². The smallest absolute Gasteiger partial charge is 0.365 e. The van der Waals surface area contributed by atoms with Crippen molar-refractivity contribution in [3.8, 4) is 0 Å². The Hall–Kier alpha value is 0.0638. The van der Waals surface area contributed by atoms with E-state index in [1.54, 1.807) is 0 Å². The Morgan fingerprint density at radius 3 is 2.57 bits per heavy atom. The zero-order chi connectivity index (χ0) is 5.70. The quantitative estimate of drug-likeness (QED) is 0.371. The Kier molecular flexibility index (Phi) is 4.27. The lowest BCUT2D eigenvalue weighted by Crippen LogP contribution is -2.08. The fourth-order valence-electron chi connectivity index (χ4n) is 0.186. The van der Waals surface area contributed by atoms with Crippen molar-refractivity contribution in [2.24, 2.45) is 0 Å². The fraction of sp³-hybridized carbons (Fsp3) is 0. The molecule has 1 nitrogen and oxygen atoms in total. The van der Waals surface area contributed by atoms with Crippen LogP contribution < -0.4 is 0 Å². The third kappa shape index (κ3) is 3.91. The maximum absolute atomic E-state index is 12.0. The van der Waals surface area contributed by atoms with E-state index in [2.05, 4.69) is 10.7 Å². The Bertz CT molecular complexity index is 58.9. The third-order valence-electron chi connectivity index (χ3n) is 0.513. The van der Waals surface area contributed by atoms with Gasteiger partial charge in [0.05, 0.1) is 0 Å². The molecule has 0 aliphatic heterocycles.